The number of rotatable bonds is 10. The molecule has 5 unspecified atom stereocenters. The highest BCUT2D eigenvalue weighted by atomic mass is 16.6. The van der Waals surface area contributed by atoms with Crippen LogP contribution in [0.1, 0.15) is 77.1 Å². The number of hydrogen-bond donors (Lipinski definition) is 2. The average Bonchev–Trinajstić information content (AvgIpc) is 3.54. The van der Waals surface area contributed by atoms with Gasteiger partial charge in [-0.1, -0.05) is 51.0 Å². The lowest BCUT2D eigenvalue weighted by Crippen LogP contribution is -2.56. The van der Waals surface area contributed by atoms with Crippen LogP contribution in [0.15, 0.2) is 18.2 Å². The Kier molecular flexibility index (Phi) is 10.1. The highest BCUT2D eigenvalue weighted by Gasteiger charge is 2.49. The first kappa shape index (κ1) is 30.1. The van der Waals surface area contributed by atoms with Crippen LogP contribution in [-0.2, 0) is 23.9 Å². The SMILES string of the molecule is CCC(C)C(NC(=O)OC(C)(C)C)C(=O)N(C(C(=O)NCC(=O)OC)c1cc(C)ccc1C)C1CC1C. The molecule has 0 saturated heterocycles. The number of methoxy groups -OCH3 is 1. The van der Waals surface area contributed by atoms with E-state index in [-0.39, 0.29) is 30.3 Å². The Morgan fingerprint density at radius 3 is 2.30 bits per heavy atom. The average molecular weight is 518 g/mol. The summed E-state index contributed by atoms with van der Waals surface area (Å²) in [5.74, 6) is -1.45. The van der Waals surface area contributed by atoms with E-state index in [4.69, 9.17) is 4.74 Å². The van der Waals surface area contributed by atoms with Crippen LogP contribution in [-0.4, -0.2) is 60.1 Å². The minimum absolute atomic E-state index is 0.184. The second-order valence-corrected chi connectivity index (χ2v) is 11.1. The molecule has 1 fully saturated rings. The molecule has 1 aliphatic carbocycles. The van der Waals surface area contributed by atoms with E-state index in [0.29, 0.717) is 12.0 Å². The topological polar surface area (TPSA) is 114 Å². The highest BCUT2D eigenvalue weighted by Crippen LogP contribution is 2.41. The van der Waals surface area contributed by atoms with Crippen LogP contribution in [0.4, 0.5) is 4.79 Å². The smallest absolute Gasteiger partial charge is 0.408 e. The van der Waals surface area contributed by atoms with E-state index < -0.39 is 35.7 Å². The molecule has 0 aliphatic heterocycles. The highest BCUT2D eigenvalue weighted by molar-refractivity contribution is 5.94. The van der Waals surface area contributed by atoms with Crippen molar-refractivity contribution < 1.29 is 28.7 Å². The van der Waals surface area contributed by atoms with Crippen LogP contribution in [0.2, 0.25) is 0 Å². The lowest BCUT2D eigenvalue weighted by atomic mass is 9.93. The molecule has 3 amide bonds. The van der Waals surface area contributed by atoms with Crippen molar-refractivity contribution in [1.29, 1.82) is 0 Å². The molecule has 1 saturated carbocycles. The fourth-order valence-electron chi connectivity index (χ4n) is 4.25. The van der Waals surface area contributed by atoms with Crippen molar-refractivity contribution in [3.63, 3.8) is 0 Å². The summed E-state index contributed by atoms with van der Waals surface area (Å²) in [6.07, 6.45) is 0.674. The number of aryl methyl sites for hydroxylation is 2. The maximum absolute atomic E-state index is 14.3. The van der Waals surface area contributed by atoms with Gasteiger partial charge in [0.2, 0.25) is 11.8 Å². The van der Waals surface area contributed by atoms with Gasteiger partial charge in [-0.2, -0.15) is 0 Å². The van der Waals surface area contributed by atoms with E-state index in [9.17, 15) is 19.2 Å². The number of ether oxygens (including phenoxy) is 2. The van der Waals surface area contributed by atoms with Crippen LogP contribution >= 0.6 is 0 Å². The van der Waals surface area contributed by atoms with Crippen LogP contribution in [0.3, 0.4) is 0 Å². The molecule has 9 nitrogen and oxygen atoms in total. The molecular weight excluding hydrogens is 474 g/mol. The summed E-state index contributed by atoms with van der Waals surface area (Å²) >= 11 is 0. The second kappa shape index (κ2) is 12.4. The van der Waals surface area contributed by atoms with Gasteiger partial charge in [-0.25, -0.2) is 4.79 Å². The lowest BCUT2D eigenvalue weighted by Gasteiger charge is -2.37. The molecule has 1 aromatic carbocycles. The standard InChI is InChI=1S/C28H43N3O6/c1-10-17(3)23(30-27(35)37-28(6,7)8)26(34)31(21-14-19(21)5)24(25(33)29-15-22(32)36-9)20-13-16(2)11-12-18(20)4/h11-13,17,19,21,23-24H,10,14-15H2,1-9H3,(H,29,33)(H,30,35). The molecule has 1 aromatic rings. The Balaban J connectivity index is 2.56. The Labute approximate surface area is 220 Å². The number of amides is 3. The first-order valence-electron chi connectivity index (χ1n) is 12.9. The molecule has 0 heterocycles. The van der Waals surface area contributed by atoms with Gasteiger partial charge in [-0.15, -0.1) is 0 Å². The Morgan fingerprint density at radius 1 is 1.16 bits per heavy atom. The normalized spacial score (nSPS) is 19.2. The van der Waals surface area contributed by atoms with Crippen molar-refractivity contribution in [2.45, 2.75) is 92.0 Å². The third kappa shape index (κ3) is 8.20. The van der Waals surface area contributed by atoms with Crippen LogP contribution < -0.4 is 10.6 Å². The minimum atomic E-state index is -0.987. The summed E-state index contributed by atoms with van der Waals surface area (Å²) in [5, 5.41) is 5.42. The van der Waals surface area contributed by atoms with Crippen molar-refractivity contribution in [2.24, 2.45) is 11.8 Å². The quantitative estimate of drug-likeness (QED) is 0.456. The molecule has 206 valence electrons. The number of nitrogens with zero attached hydrogens (tertiary/aromatic N) is 1. The molecule has 2 rings (SSSR count). The number of alkyl carbamates (subject to hydrolysis) is 1. The van der Waals surface area contributed by atoms with Crippen molar-refractivity contribution in [2.75, 3.05) is 13.7 Å². The van der Waals surface area contributed by atoms with Crippen LogP contribution in [0.25, 0.3) is 0 Å². The van der Waals surface area contributed by atoms with E-state index in [2.05, 4.69) is 15.4 Å². The van der Waals surface area contributed by atoms with E-state index >= 15 is 0 Å². The van der Waals surface area contributed by atoms with Crippen molar-refractivity contribution >= 4 is 23.9 Å². The number of hydrogen-bond acceptors (Lipinski definition) is 6. The number of carbonyl (C=O) groups excluding carboxylic acids is 4. The van der Waals surface area contributed by atoms with Gasteiger partial charge in [-0.05, 0) is 64.0 Å². The van der Waals surface area contributed by atoms with Crippen LogP contribution in [0, 0.1) is 25.7 Å². The fraction of sp³-hybridized carbons (Fsp3) is 0.643. The molecule has 0 bridgehead atoms. The van der Waals surface area contributed by atoms with Crippen molar-refractivity contribution in [1.82, 2.24) is 15.5 Å². The summed E-state index contributed by atoms with van der Waals surface area (Å²) < 4.78 is 10.1. The minimum Gasteiger partial charge on any atom is -0.468 e. The zero-order chi connectivity index (χ0) is 28.1. The maximum Gasteiger partial charge on any atom is 0.408 e. The third-order valence-corrected chi connectivity index (χ3v) is 6.72. The van der Waals surface area contributed by atoms with Gasteiger partial charge in [-0.3, -0.25) is 14.4 Å². The van der Waals surface area contributed by atoms with E-state index in [1.54, 1.807) is 25.7 Å². The summed E-state index contributed by atoms with van der Waals surface area (Å²) in [5.41, 5.74) is 1.73. The summed E-state index contributed by atoms with van der Waals surface area (Å²) in [4.78, 5) is 54.0. The van der Waals surface area contributed by atoms with E-state index in [0.717, 1.165) is 17.5 Å². The van der Waals surface area contributed by atoms with E-state index in [1.807, 2.05) is 52.8 Å². The third-order valence-electron chi connectivity index (χ3n) is 6.72. The Bertz CT molecular complexity index is 1000. The Morgan fingerprint density at radius 2 is 1.78 bits per heavy atom. The van der Waals surface area contributed by atoms with Crippen molar-refractivity contribution in [3.05, 3.63) is 34.9 Å². The van der Waals surface area contributed by atoms with Gasteiger partial charge in [0.05, 0.1) is 7.11 Å². The fourth-order valence-corrected chi connectivity index (χ4v) is 4.25. The van der Waals surface area contributed by atoms with Gasteiger partial charge in [0.15, 0.2) is 0 Å². The molecule has 37 heavy (non-hydrogen) atoms. The van der Waals surface area contributed by atoms with Gasteiger partial charge >= 0.3 is 12.1 Å². The maximum atomic E-state index is 14.3. The van der Waals surface area contributed by atoms with Gasteiger partial charge in [0.1, 0.15) is 24.2 Å². The molecule has 0 aromatic heterocycles. The largest absolute Gasteiger partial charge is 0.468 e. The summed E-state index contributed by atoms with van der Waals surface area (Å²) in [6.45, 7) is 14.6. The molecule has 2 N–H and O–H groups in total. The second-order valence-electron chi connectivity index (χ2n) is 11.1. The number of nitrogens with one attached hydrogen (secondary N) is 2. The van der Waals surface area contributed by atoms with Gasteiger partial charge in [0.25, 0.3) is 0 Å². The Hall–Kier alpha value is -3.10. The summed E-state index contributed by atoms with van der Waals surface area (Å²) in [7, 11) is 1.25. The number of benzene rings is 1. The van der Waals surface area contributed by atoms with Gasteiger partial charge < -0.3 is 25.0 Å². The zero-order valence-corrected chi connectivity index (χ0v) is 23.6. The molecular formula is C28H43N3O6. The summed E-state index contributed by atoms with van der Waals surface area (Å²) in [6, 6.07) is 3.68. The van der Waals surface area contributed by atoms with Crippen molar-refractivity contribution in [3.8, 4) is 0 Å². The predicted molar refractivity (Wildman–Crippen MR) is 141 cm³/mol. The number of esters is 1. The monoisotopic (exact) mass is 517 g/mol. The molecule has 0 radical (unpaired) electrons. The zero-order valence-electron chi connectivity index (χ0n) is 23.6. The lowest BCUT2D eigenvalue weighted by molar-refractivity contribution is -0.146. The van der Waals surface area contributed by atoms with Crippen LogP contribution in [0.5, 0.6) is 0 Å². The molecule has 1 aliphatic rings. The van der Waals surface area contributed by atoms with E-state index in [1.165, 1.54) is 7.11 Å². The predicted octanol–water partition coefficient (Wildman–Crippen LogP) is 3.81. The molecule has 9 heteroatoms. The first-order chi connectivity index (χ1) is 17.2. The molecule has 0 spiro atoms. The first-order valence-corrected chi connectivity index (χ1v) is 12.9. The van der Waals surface area contributed by atoms with Gasteiger partial charge in [0, 0.05) is 6.04 Å². The number of carbonyl (C=O) groups is 4. The molecule has 5 atom stereocenters.